The molecule has 5 nitrogen and oxygen atoms in total. The van der Waals surface area contributed by atoms with Gasteiger partial charge in [0.15, 0.2) is 0 Å². The van der Waals surface area contributed by atoms with E-state index >= 15 is 0 Å². The standard InChI is InChI=1S/C22H22N2O3S/c1-16-13-14-20(17(2)15-16)28(26,27)24-22(25)23-21(18-9-5-3-6-10-18)19-11-7-4-8-12-19/h3-15,21H,1-2H3,(H2,23,24,25). The summed E-state index contributed by atoms with van der Waals surface area (Å²) in [5.74, 6) is 0. The van der Waals surface area contributed by atoms with Crippen molar-refractivity contribution >= 4 is 16.1 Å². The van der Waals surface area contributed by atoms with Crippen LogP contribution in [0, 0.1) is 13.8 Å². The fourth-order valence-electron chi connectivity index (χ4n) is 3.09. The van der Waals surface area contributed by atoms with E-state index < -0.39 is 22.1 Å². The van der Waals surface area contributed by atoms with Crippen molar-refractivity contribution < 1.29 is 13.2 Å². The van der Waals surface area contributed by atoms with Crippen molar-refractivity contribution in [3.63, 3.8) is 0 Å². The molecular weight excluding hydrogens is 372 g/mol. The Morgan fingerprint density at radius 1 is 0.821 bits per heavy atom. The van der Waals surface area contributed by atoms with Gasteiger partial charge in [0.2, 0.25) is 0 Å². The molecule has 0 aromatic heterocycles. The first-order valence-electron chi connectivity index (χ1n) is 8.87. The number of carbonyl (C=O) groups is 1. The van der Waals surface area contributed by atoms with Crippen LogP contribution in [0.4, 0.5) is 4.79 Å². The fourth-order valence-corrected chi connectivity index (χ4v) is 4.23. The Bertz CT molecular complexity index is 1030. The van der Waals surface area contributed by atoms with Crippen LogP contribution in [0.15, 0.2) is 83.8 Å². The molecule has 0 atom stereocenters. The van der Waals surface area contributed by atoms with Crippen molar-refractivity contribution in [3.05, 3.63) is 101 Å². The zero-order valence-corrected chi connectivity index (χ0v) is 16.5. The number of rotatable bonds is 5. The number of urea groups is 1. The number of sulfonamides is 1. The van der Waals surface area contributed by atoms with Crippen LogP contribution in [0.1, 0.15) is 28.3 Å². The highest BCUT2D eigenvalue weighted by Crippen LogP contribution is 2.22. The molecule has 28 heavy (non-hydrogen) atoms. The molecule has 0 aliphatic heterocycles. The van der Waals surface area contributed by atoms with Crippen molar-refractivity contribution in [1.82, 2.24) is 10.0 Å². The molecule has 6 heteroatoms. The van der Waals surface area contributed by atoms with Crippen molar-refractivity contribution in [2.45, 2.75) is 24.8 Å². The molecule has 0 saturated heterocycles. The topological polar surface area (TPSA) is 75.3 Å². The molecule has 144 valence electrons. The predicted octanol–water partition coefficient (Wildman–Crippen LogP) is 4.08. The first-order valence-corrected chi connectivity index (χ1v) is 10.4. The van der Waals surface area contributed by atoms with Gasteiger partial charge in [0.05, 0.1) is 10.9 Å². The number of aryl methyl sites for hydroxylation is 2. The second-order valence-electron chi connectivity index (χ2n) is 6.60. The second-order valence-corrected chi connectivity index (χ2v) is 8.25. The van der Waals surface area contributed by atoms with Gasteiger partial charge in [-0.05, 0) is 36.6 Å². The van der Waals surface area contributed by atoms with Gasteiger partial charge in [0.25, 0.3) is 10.0 Å². The number of nitrogens with one attached hydrogen (secondary N) is 2. The molecule has 3 rings (SSSR count). The van der Waals surface area contributed by atoms with Gasteiger partial charge in [-0.25, -0.2) is 17.9 Å². The highest BCUT2D eigenvalue weighted by molar-refractivity contribution is 7.90. The molecule has 0 unspecified atom stereocenters. The molecule has 0 aliphatic carbocycles. The molecule has 2 amide bonds. The quantitative estimate of drug-likeness (QED) is 0.685. The minimum Gasteiger partial charge on any atom is -0.326 e. The van der Waals surface area contributed by atoms with E-state index in [1.165, 1.54) is 6.07 Å². The van der Waals surface area contributed by atoms with Gasteiger partial charge in [-0.1, -0.05) is 78.4 Å². The van der Waals surface area contributed by atoms with Gasteiger partial charge >= 0.3 is 6.03 Å². The molecular formula is C22H22N2O3S. The summed E-state index contributed by atoms with van der Waals surface area (Å²) in [6, 6.07) is 22.5. The Balaban J connectivity index is 1.84. The van der Waals surface area contributed by atoms with Crippen LogP contribution >= 0.6 is 0 Å². The Hall–Kier alpha value is -3.12. The molecule has 0 heterocycles. The molecule has 0 fully saturated rings. The SMILES string of the molecule is Cc1ccc(S(=O)(=O)NC(=O)NC(c2ccccc2)c2ccccc2)c(C)c1. The van der Waals surface area contributed by atoms with Gasteiger partial charge in [0, 0.05) is 0 Å². The molecule has 3 aromatic rings. The molecule has 0 saturated carbocycles. The fraction of sp³-hybridized carbons (Fsp3) is 0.136. The maximum Gasteiger partial charge on any atom is 0.329 e. The Morgan fingerprint density at radius 3 is 1.86 bits per heavy atom. The summed E-state index contributed by atoms with van der Waals surface area (Å²) >= 11 is 0. The van der Waals surface area contributed by atoms with E-state index in [0.717, 1.165) is 16.7 Å². The third-order valence-corrected chi connectivity index (χ3v) is 5.88. The van der Waals surface area contributed by atoms with Crippen LogP contribution in [-0.4, -0.2) is 14.4 Å². The van der Waals surface area contributed by atoms with Gasteiger partial charge in [0.1, 0.15) is 0 Å². The minimum atomic E-state index is -3.98. The number of benzene rings is 3. The first-order chi connectivity index (χ1) is 13.4. The lowest BCUT2D eigenvalue weighted by molar-refractivity contribution is 0.243. The van der Waals surface area contributed by atoms with Gasteiger partial charge in [-0.15, -0.1) is 0 Å². The Labute approximate surface area is 165 Å². The van der Waals surface area contributed by atoms with Gasteiger partial charge in [-0.2, -0.15) is 0 Å². The summed E-state index contributed by atoms with van der Waals surface area (Å²) < 4.78 is 27.4. The van der Waals surface area contributed by atoms with Crippen molar-refractivity contribution in [2.24, 2.45) is 0 Å². The normalized spacial score (nSPS) is 11.2. The monoisotopic (exact) mass is 394 g/mol. The average molecular weight is 394 g/mol. The van der Waals surface area contributed by atoms with Crippen LogP contribution in [0.25, 0.3) is 0 Å². The zero-order valence-electron chi connectivity index (χ0n) is 15.7. The number of carbonyl (C=O) groups excluding carboxylic acids is 1. The Kier molecular flexibility index (Phi) is 5.80. The summed E-state index contributed by atoms with van der Waals surface area (Å²) in [6.07, 6.45) is 0. The third kappa shape index (κ3) is 4.58. The molecule has 2 N–H and O–H groups in total. The predicted molar refractivity (Wildman–Crippen MR) is 109 cm³/mol. The maximum atomic E-state index is 12.7. The highest BCUT2D eigenvalue weighted by Gasteiger charge is 2.23. The van der Waals surface area contributed by atoms with Gasteiger partial charge < -0.3 is 5.32 Å². The van der Waals surface area contributed by atoms with Crippen molar-refractivity contribution in [1.29, 1.82) is 0 Å². The van der Waals surface area contributed by atoms with Crippen molar-refractivity contribution in [2.75, 3.05) is 0 Å². The zero-order chi connectivity index (χ0) is 20.1. The van der Waals surface area contributed by atoms with E-state index in [-0.39, 0.29) is 4.90 Å². The summed E-state index contributed by atoms with van der Waals surface area (Å²) in [7, 11) is -3.98. The first kappa shape index (κ1) is 19.6. The highest BCUT2D eigenvalue weighted by atomic mass is 32.2. The molecule has 0 radical (unpaired) electrons. The number of hydrogen-bond acceptors (Lipinski definition) is 3. The lowest BCUT2D eigenvalue weighted by atomic mass is 9.99. The van der Waals surface area contributed by atoms with E-state index in [9.17, 15) is 13.2 Å². The summed E-state index contributed by atoms with van der Waals surface area (Å²) in [6.45, 7) is 3.59. The number of hydrogen-bond donors (Lipinski definition) is 2. The van der Waals surface area contributed by atoms with E-state index in [0.29, 0.717) is 5.56 Å². The molecule has 0 aliphatic rings. The minimum absolute atomic E-state index is 0.0872. The third-order valence-electron chi connectivity index (χ3n) is 4.39. The van der Waals surface area contributed by atoms with Crippen LogP contribution in [-0.2, 0) is 10.0 Å². The van der Waals surface area contributed by atoms with Crippen LogP contribution in [0.5, 0.6) is 0 Å². The van der Waals surface area contributed by atoms with Crippen molar-refractivity contribution in [3.8, 4) is 0 Å². The molecule has 0 spiro atoms. The smallest absolute Gasteiger partial charge is 0.326 e. The van der Waals surface area contributed by atoms with Crippen LogP contribution in [0.3, 0.4) is 0 Å². The van der Waals surface area contributed by atoms with E-state index in [4.69, 9.17) is 0 Å². The number of amides is 2. The largest absolute Gasteiger partial charge is 0.329 e. The second kappa shape index (κ2) is 8.27. The van der Waals surface area contributed by atoms with E-state index in [1.54, 1.807) is 19.1 Å². The average Bonchev–Trinajstić information content (AvgIpc) is 2.67. The van der Waals surface area contributed by atoms with E-state index in [1.807, 2.05) is 67.6 Å². The summed E-state index contributed by atoms with van der Waals surface area (Å²) in [5, 5.41) is 2.78. The van der Waals surface area contributed by atoms with Gasteiger partial charge in [-0.3, -0.25) is 0 Å². The summed E-state index contributed by atoms with van der Waals surface area (Å²) in [4.78, 5) is 12.7. The Morgan fingerprint density at radius 2 is 1.36 bits per heavy atom. The molecule has 3 aromatic carbocycles. The lowest BCUT2D eigenvalue weighted by Gasteiger charge is -2.20. The lowest BCUT2D eigenvalue weighted by Crippen LogP contribution is -2.41. The van der Waals surface area contributed by atoms with Crippen LogP contribution < -0.4 is 10.0 Å². The molecule has 0 bridgehead atoms. The summed E-state index contributed by atoms with van der Waals surface area (Å²) in [5.41, 5.74) is 3.25. The maximum absolute atomic E-state index is 12.7. The van der Waals surface area contributed by atoms with E-state index in [2.05, 4.69) is 10.0 Å². The van der Waals surface area contributed by atoms with Crippen LogP contribution in [0.2, 0.25) is 0 Å².